The standard InChI is InChI=1S/C27H30N2O5S/c1-2-34-25-15-14-23(20-26(25)35(31,32)29-16-18-33-19-17-29)28-27(30)24-11-7-6-10-22(24)13-12-21-8-4-3-5-9-21/h3-11,14-15,20H,2,12-13,16-19H2,1H3,(H,28,30). The number of nitrogens with zero attached hydrogens (tertiary/aromatic N) is 1. The first kappa shape index (κ1) is 24.9. The Hall–Kier alpha value is -3.20. The molecule has 35 heavy (non-hydrogen) atoms. The summed E-state index contributed by atoms with van der Waals surface area (Å²) in [6.07, 6.45) is 1.53. The molecule has 7 nitrogen and oxygen atoms in total. The number of nitrogens with one attached hydrogen (secondary N) is 1. The minimum absolute atomic E-state index is 0.0383. The average molecular weight is 495 g/mol. The first-order valence-corrected chi connectivity index (χ1v) is 13.2. The quantitative estimate of drug-likeness (QED) is 0.483. The van der Waals surface area contributed by atoms with Crippen LogP contribution < -0.4 is 10.1 Å². The van der Waals surface area contributed by atoms with Gasteiger partial charge in [0.05, 0.1) is 19.8 Å². The van der Waals surface area contributed by atoms with Gasteiger partial charge < -0.3 is 14.8 Å². The summed E-state index contributed by atoms with van der Waals surface area (Å²) in [6, 6.07) is 22.3. The van der Waals surface area contributed by atoms with Crippen LogP contribution in [-0.2, 0) is 27.6 Å². The van der Waals surface area contributed by atoms with Gasteiger partial charge >= 0.3 is 0 Å². The molecule has 3 aromatic carbocycles. The number of hydrogen-bond acceptors (Lipinski definition) is 5. The van der Waals surface area contributed by atoms with E-state index in [1.54, 1.807) is 25.1 Å². The van der Waals surface area contributed by atoms with E-state index in [1.165, 1.54) is 15.9 Å². The van der Waals surface area contributed by atoms with E-state index in [4.69, 9.17) is 9.47 Å². The second kappa shape index (κ2) is 11.5. The first-order valence-electron chi connectivity index (χ1n) is 11.8. The molecule has 0 radical (unpaired) electrons. The van der Waals surface area contributed by atoms with Gasteiger partial charge in [-0.2, -0.15) is 4.31 Å². The Labute approximate surface area is 206 Å². The number of hydrogen-bond donors (Lipinski definition) is 1. The molecule has 8 heteroatoms. The third-order valence-electron chi connectivity index (χ3n) is 5.88. The van der Waals surface area contributed by atoms with Crippen molar-refractivity contribution < 1.29 is 22.7 Å². The van der Waals surface area contributed by atoms with Gasteiger partial charge in [-0.05, 0) is 55.2 Å². The number of benzene rings is 3. The van der Waals surface area contributed by atoms with Crippen molar-refractivity contribution in [1.29, 1.82) is 0 Å². The molecule has 0 saturated carbocycles. The molecule has 0 spiro atoms. The Morgan fingerprint density at radius 3 is 2.43 bits per heavy atom. The normalized spacial score (nSPS) is 14.4. The Bertz CT molecular complexity index is 1260. The third kappa shape index (κ3) is 6.08. The number of ether oxygens (including phenoxy) is 2. The summed E-state index contributed by atoms with van der Waals surface area (Å²) in [5.74, 6) is -0.0206. The fraction of sp³-hybridized carbons (Fsp3) is 0.296. The van der Waals surface area contributed by atoms with Crippen molar-refractivity contribution in [1.82, 2.24) is 4.31 Å². The molecule has 0 unspecified atom stereocenters. The first-order chi connectivity index (χ1) is 17.0. The fourth-order valence-corrected chi connectivity index (χ4v) is 5.64. The van der Waals surface area contributed by atoms with Crippen LogP contribution in [-0.4, -0.2) is 51.5 Å². The zero-order chi connectivity index (χ0) is 24.7. The summed E-state index contributed by atoms with van der Waals surface area (Å²) in [6.45, 7) is 3.37. The molecule has 1 fully saturated rings. The minimum Gasteiger partial charge on any atom is -0.492 e. The molecule has 1 saturated heterocycles. The monoisotopic (exact) mass is 494 g/mol. The van der Waals surface area contributed by atoms with Gasteiger partial charge in [-0.1, -0.05) is 48.5 Å². The highest BCUT2D eigenvalue weighted by atomic mass is 32.2. The molecule has 1 heterocycles. The summed E-state index contributed by atoms with van der Waals surface area (Å²) in [5.41, 5.74) is 3.09. The number of amides is 1. The molecule has 0 aliphatic carbocycles. The lowest BCUT2D eigenvalue weighted by Crippen LogP contribution is -2.40. The SMILES string of the molecule is CCOc1ccc(NC(=O)c2ccccc2CCc2ccccc2)cc1S(=O)(=O)N1CCOCC1. The molecule has 0 atom stereocenters. The average Bonchev–Trinajstić information content (AvgIpc) is 2.89. The lowest BCUT2D eigenvalue weighted by Gasteiger charge is -2.27. The van der Waals surface area contributed by atoms with Gasteiger partial charge in [0, 0.05) is 24.3 Å². The highest BCUT2D eigenvalue weighted by molar-refractivity contribution is 7.89. The lowest BCUT2D eigenvalue weighted by molar-refractivity contribution is 0.0729. The molecular weight excluding hydrogens is 464 g/mol. The maximum Gasteiger partial charge on any atom is 0.255 e. The van der Waals surface area contributed by atoms with Crippen LogP contribution in [0.25, 0.3) is 0 Å². The van der Waals surface area contributed by atoms with Gasteiger partial charge in [-0.25, -0.2) is 8.42 Å². The number of anilines is 1. The lowest BCUT2D eigenvalue weighted by atomic mass is 9.99. The van der Waals surface area contributed by atoms with Crippen molar-refractivity contribution in [2.75, 3.05) is 38.2 Å². The molecule has 0 aromatic heterocycles. The molecule has 1 aliphatic heterocycles. The third-order valence-corrected chi connectivity index (χ3v) is 7.80. The molecule has 0 bridgehead atoms. The van der Waals surface area contributed by atoms with Crippen molar-refractivity contribution >= 4 is 21.6 Å². The summed E-state index contributed by atoms with van der Waals surface area (Å²) in [7, 11) is -3.81. The predicted octanol–water partition coefficient (Wildman–Crippen LogP) is 4.14. The maximum atomic E-state index is 13.3. The van der Waals surface area contributed by atoms with E-state index in [9.17, 15) is 13.2 Å². The second-order valence-electron chi connectivity index (χ2n) is 8.21. The van der Waals surface area contributed by atoms with Crippen molar-refractivity contribution in [3.63, 3.8) is 0 Å². The number of carbonyl (C=O) groups is 1. The number of morpholine rings is 1. The van der Waals surface area contributed by atoms with Crippen LogP contribution >= 0.6 is 0 Å². The van der Waals surface area contributed by atoms with Crippen LogP contribution in [0.2, 0.25) is 0 Å². The van der Waals surface area contributed by atoms with Gasteiger partial charge in [0.15, 0.2) is 0 Å². The van der Waals surface area contributed by atoms with Crippen LogP contribution in [0.5, 0.6) is 5.75 Å². The van der Waals surface area contributed by atoms with E-state index in [2.05, 4.69) is 17.4 Å². The Kier molecular flexibility index (Phi) is 8.17. The highest BCUT2D eigenvalue weighted by Crippen LogP contribution is 2.31. The number of aryl methyl sites for hydroxylation is 2. The van der Waals surface area contributed by atoms with Crippen molar-refractivity contribution in [3.8, 4) is 5.75 Å². The fourth-order valence-electron chi connectivity index (χ4n) is 4.07. The van der Waals surface area contributed by atoms with E-state index < -0.39 is 10.0 Å². The summed E-state index contributed by atoms with van der Waals surface area (Å²) < 4.78 is 39.0. The van der Waals surface area contributed by atoms with Crippen LogP contribution in [0, 0.1) is 0 Å². The molecule has 3 aromatic rings. The van der Waals surface area contributed by atoms with E-state index >= 15 is 0 Å². The van der Waals surface area contributed by atoms with Gasteiger partial charge in [0.25, 0.3) is 5.91 Å². The largest absolute Gasteiger partial charge is 0.492 e. The zero-order valence-electron chi connectivity index (χ0n) is 19.8. The van der Waals surface area contributed by atoms with Crippen molar-refractivity contribution in [2.45, 2.75) is 24.7 Å². The molecular formula is C27H30N2O5S. The summed E-state index contributed by atoms with van der Waals surface area (Å²) in [5, 5.41) is 2.88. The van der Waals surface area contributed by atoms with Crippen LogP contribution in [0.15, 0.2) is 77.7 Å². The van der Waals surface area contributed by atoms with Crippen LogP contribution in [0.4, 0.5) is 5.69 Å². The van der Waals surface area contributed by atoms with Gasteiger partial charge in [0.1, 0.15) is 10.6 Å². The summed E-state index contributed by atoms with van der Waals surface area (Å²) >= 11 is 0. The Balaban J connectivity index is 1.56. The summed E-state index contributed by atoms with van der Waals surface area (Å²) in [4.78, 5) is 13.2. The van der Waals surface area contributed by atoms with E-state index in [0.29, 0.717) is 37.5 Å². The van der Waals surface area contributed by atoms with E-state index in [0.717, 1.165) is 12.0 Å². The molecule has 1 aliphatic rings. The number of sulfonamides is 1. The smallest absolute Gasteiger partial charge is 0.255 e. The van der Waals surface area contributed by atoms with Crippen molar-refractivity contribution in [3.05, 3.63) is 89.5 Å². The van der Waals surface area contributed by atoms with Gasteiger partial charge in [0.2, 0.25) is 10.0 Å². The van der Waals surface area contributed by atoms with Crippen LogP contribution in [0.3, 0.4) is 0 Å². The topological polar surface area (TPSA) is 84.9 Å². The highest BCUT2D eigenvalue weighted by Gasteiger charge is 2.30. The maximum absolute atomic E-state index is 13.3. The second-order valence-corrected chi connectivity index (χ2v) is 10.1. The minimum atomic E-state index is -3.81. The number of rotatable bonds is 9. The Morgan fingerprint density at radius 2 is 1.69 bits per heavy atom. The zero-order valence-corrected chi connectivity index (χ0v) is 20.6. The van der Waals surface area contributed by atoms with Crippen LogP contribution in [0.1, 0.15) is 28.4 Å². The molecule has 4 rings (SSSR count). The van der Waals surface area contributed by atoms with Crippen molar-refractivity contribution in [2.24, 2.45) is 0 Å². The Morgan fingerprint density at radius 1 is 0.971 bits per heavy atom. The molecule has 1 N–H and O–H groups in total. The van der Waals surface area contributed by atoms with E-state index in [-0.39, 0.29) is 29.6 Å². The molecule has 184 valence electrons. The van der Waals surface area contributed by atoms with Gasteiger partial charge in [-0.15, -0.1) is 0 Å². The van der Waals surface area contributed by atoms with Gasteiger partial charge in [-0.3, -0.25) is 4.79 Å². The van der Waals surface area contributed by atoms with E-state index in [1.807, 2.05) is 36.4 Å². The predicted molar refractivity (Wildman–Crippen MR) is 135 cm³/mol. The number of carbonyl (C=O) groups excluding carboxylic acids is 1. The molecule has 1 amide bonds.